The molecule has 0 saturated heterocycles. The van der Waals surface area contributed by atoms with Gasteiger partial charge in [0.2, 0.25) is 0 Å². The van der Waals surface area contributed by atoms with Crippen molar-refractivity contribution >= 4 is 14.3 Å². The van der Waals surface area contributed by atoms with Gasteiger partial charge in [0.1, 0.15) is 6.10 Å². The van der Waals surface area contributed by atoms with Gasteiger partial charge in [0.05, 0.1) is 19.3 Å². The van der Waals surface area contributed by atoms with E-state index in [2.05, 4.69) is 33.9 Å². The van der Waals surface area contributed by atoms with Gasteiger partial charge >= 0.3 is 5.97 Å². The van der Waals surface area contributed by atoms with Crippen molar-refractivity contribution in [3.8, 4) is 0 Å². The average Bonchev–Trinajstić information content (AvgIpc) is 2.61. The lowest BCUT2D eigenvalue weighted by molar-refractivity contribution is -0.162. The van der Waals surface area contributed by atoms with Gasteiger partial charge in [-0.2, -0.15) is 0 Å². The number of rotatable bonds is 8. The smallest absolute Gasteiger partial charge is 0.333 e. The van der Waals surface area contributed by atoms with E-state index in [4.69, 9.17) is 13.9 Å². The monoisotopic (exact) mass is 406 g/mol. The number of hydrogen-bond donors (Lipinski definition) is 1. The third kappa shape index (κ3) is 6.01. The summed E-state index contributed by atoms with van der Waals surface area (Å²) in [5, 5.41) is 9.72. The molecular weight excluding hydrogens is 372 g/mol. The molecule has 2 rings (SSSR count). The summed E-state index contributed by atoms with van der Waals surface area (Å²) in [6, 6.07) is 9.83. The minimum atomic E-state index is -1.96. The Bertz CT molecular complexity index is 665. The van der Waals surface area contributed by atoms with E-state index >= 15 is 0 Å². The highest BCUT2D eigenvalue weighted by molar-refractivity contribution is 6.74. The normalized spacial score (nSPS) is 24.1. The lowest BCUT2D eigenvalue weighted by Crippen LogP contribution is -2.49. The molecule has 0 radical (unpaired) electrons. The van der Waals surface area contributed by atoms with E-state index in [1.807, 2.05) is 49.4 Å². The van der Waals surface area contributed by atoms with Crippen LogP contribution in [0.15, 0.2) is 42.5 Å². The van der Waals surface area contributed by atoms with Crippen molar-refractivity contribution in [1.29, 1.82) is 0 Å². The molecule has 0 spiro atoms. The van der Waals surface area contributed by atoms with Crippen LogP contribution in [0.2, 0.25) is 18.1 Å². The van der Waals surface area contributed by atoms with Crippen molar-refractivity contribution in [2.45, 2.75) is 70.7 Å². The molecule has 1 heterocycles. The number of hydrogen-bond acceptors (Lipinski definition) is 4. The second-order valence-electron chi connectivity index (χ2n) is 8.99. The largest absolute Gasteiger partial charge is 0.479 e. The van der Waals surface area contributed by atoms with Gasteiger partial charge < -0.3 is 19.0 Å². The summed E-state index contributed by atoms with van der Waals surface area (Å²) in [4.78, 5) is 11.8. The minimum absolute atomic E-state index is 0.0830. The van der Waals surface area contributed by atoms with Crippen LogP contribution in [0.3, 0.4) is 0 Å². The van der Waals surface area contributed by atoms with E-state index in [1.165, 1.54) is 0 Å². The van der Waals surface area contributed by atoms with E-state index in [-0.39, 0.29) is 23.2 Å². The second-order valence-corrected chi connectivity index (χ2v) is 13.7. The summed E-state index contributed by atoms with van der Waals surface area (Å²) in [6.45, 7) is 13.6. The molecule has 0 unspecified atom stereocenters. The highest BCUT2D eigenvalue weighted by Crippen LogP contribution is 2.38. The zero-order valence-corrected chi connectivity index (χ0v) is 18.8. The molecule has 0 aromatic heterocycles. The maximum absolute atomic E-state index is 11.8. The number of carboxylic acid groups (broad SMARTS) is 1. The molecule has 1 aliphatic heterocycles. The molecule has 4 atom stereocenters. The third-order valence-corrected chi connectivity index (χ3v) is 10.2. The molecule has 0 amide bonds. The van der Waals surface area contributed by atoms with Crippen LogP contribution in [0.5, 0.6) is 0 Å². The molecule has 0 bridgehead atoms. The van der Waals surface area contributed by atoms with Gasteiger partial charge in [-0.05, 0) is 30.6 Å². The van der Waals surface area contributed by atoms with E-state index < -0.39 is 20.4 Å². The van der Waals surface area contributed by atoms with Crippen molar-refractivity contribution in [1.82, 2.24) is 0 Å². The van der Waals surface area contributed by atoms with Gasteiger partial charge in [-0.1, -0.05) is 63.3 Å². The first-order valence-corrected chi connectivity index (χ1v) is 12.8. The topological polar surface area (TPSA) is 65.0 Å². The van der Waals surface area contributed by atoms with Gasteiger partial charge in [0, 0.05) is 5.92 Å². The molecule has 0 aliphatic carbocycles. The summed E-state index contributed by atoms with van der Waals surface area (Å²) >= 11 is 0. The lowest BCUT2D eigenvalue weighted by Gasteiger charge is -2.41. The van der Waals surface area contributed by atoms with Crippen LogP contribution in [-0.2, 0) is 25.3 Å². The Balaban J connectivity index is 1.98. The summed E-state index contributed by atoms with van der Waals surface area (Å²) in [5.74, 6) is -1.29. The third-order valence-electron chi connectivity index (χ3n) is 5.66. The molecule has 6 heteroatoms. The summed E-state index contributed by atoms with van der Waals surface area (Å²) < 4.78 is 18.0. The lowest BCUT2D eigenvalue weighted by atomic mass is 9.97. The maximum atomic E-state index is 11.8. The Labute approximate surface area is 169 Å². The van der Waals surface area contributed by atoms with E-state index in [9.17, 15) is 9.90 Å². The second kappa shape index (κ2) is 9.35. The standard InChI is InChI=1S/C22H34O5Si/c1-16(27-28(5,6)22(2,3)4)19-13-12-18(20(26-19)21(23)24)15-25-14-17-10-8-7-9-11-17/h7-13,16,18-20H,14-15H2,1-6H3,(H,23,24)/t16-,18-,19+,20-/m0/s1. The number of aliphatic carboxylic acids is 1. The molecule has 0 fully saturated rings. The summed E-state index contributed by atoms with van der Waals surface area (Å²) in [7, 11) is -1.96. The zero-order valence-electron chi connectivity index (χ0n) is 17.8. The number of benzene rings is 1. The molecule has 156 valence electrons. The Morgan fingerprint density at radius 1 is 1.21 bits per heavy atom. The van der Waals surface area contributed by atoms with Crippen LogP contribution in [0.25, 0.3) is 0 Å². The van der Waals surface area contributed by atoms with Crippen LogP contribution in [0.4, 0.5) is 0 Å². The van der Waals surface area contributed by atoms with Crippen LogP contribution in [-0.4, -0.2) is 44.3 Å². The van der Waals surface area contributed by atoms with Crippen LogP contribution in [0, 0.1) is 5.92 Å². The molecule has 1 aromatic rings. The van der Waals surface area contributed by atoms with Crippen LogP contribution >= 0.6 is 0 Å². The summed E-state index contributed by atoms with van der Waals surface area (Å²) in [6.07, 6.45) is 2.32. The predicted octanol–water partition coefficient (Wildman–Crippen LogP) is 4.64. The Hall–Kier alpha value is -1.47. The zero-order chi connectivity index (χ0) is 20.9. The quantitative estimate of drug-likeness (QED) is 0.503. The van der Waals surface area contributed by atoms with Gasteiger partial charge in [0.25, 0.3) is 0 Å². The predicted molar refractivity (Wildman–Crippen MR) is 113 cm³/mol. The minimum Gasteiger partial charge on any atom is -0.479 e. The van der Waals surface area contributed by atoms with Crippen molar-refractivity contribution in [2.75, 3.05) is 6.61 Å². The Morgan fingerprint density at radius 3 is 2.43 bits per heavy atom. The number of carboxylic acids is 1. The van der Waals surface area contributed by atoms with E-state index in [0.717, 1.165) is 5.56 Å². The molecule has 0 saturated carbocycles. The molecule has 1 aliphatic rings. The number of carbonyl (C=O) groups is 1. The molecule has 1 N–H and O–H groups in total. The van der Waals surface area contributed by atoms with Gasteiger partial charge in [-0.3, -0.25) is 0 Å². The van der Waals surface area contributed by atoms with Crippen molar-refractivity contribution < 1.29 is 23.8 Å². The van der Waals surface area contributed by atoms with Gasteiger partial charge in [0.15, 0.2) is 14.4 Å². The van der Waals surface area contributed by atoms with Crippen molar-refractivity contribution in [3.05, 3.63) is 48.0 Å². The van der Waals surface area contributed by atoms with Gasteiger partial charge in [-0.15, -0.1) is 0 Å². The molecule has 1 aromatic carbocycles. The molecule has 5 nitrogen and oxygen atoms in total. The van der Waals surface area contributed by atoms with E-state index in [1.54, 1.807) is 0 Å². The van der Waals surface area contributed by atoms with Crippen molar-refractivity contribution in [3.63, 3.8) is 0 Å². The van der Waals surface area contributed by atoms with Crippen molar-refractivity contribution in [2.24, 2.45) is 5.92 Å². The fourth-order valence-corrected chi connectivity index (χ4v) is 4.33. The highest BCUT2D eigenvalue weighted by atomic mass is 28.4. The maximum Gasteiger partial charge on any atom is 0.333 e. The highest BCUT2D eigenvalue weighted by Gasteiger charge is 2.41. The number of ether oxygens (including phenoxy) is 2. The fourth-order valence-electron chi connectivity index (χ4n) is 2.92. The SMILES string of the molecule is C[C@H](O[Si](C)(C)C(C)(C)C)[C@H]1C=C[C@@H](COCc2ccccc2)[C@@H](C(=O)O)O1. The fraction of sp³-hybridized carbons (Fsp3) is 0.591. The first kappa shape index (κ1) is 22.8. The Morgan fingerprint density at radius 2 is 1.86 bits per heavy atom. The van der Waals surface area contributed by atoms with Gasteiger partial charge in [-0.25, -0.2) is 4.79 Å². The Kier molecular flexibility index (Phi) is 7.62. The molecule has 28 heavy (non-hydrogen) atoms. The first-order chi connectivity index (χ1) is 13.0. The van der Waals surface area contributed by atoms with Crippen LogP contribution < -0.4 is 0 Å². The van der Waals surface area contributed by atoms with Crippen LogP contribution in [0.1, 0.15) is 33.3 Å². The average molecular weight is 407 g/mol. The molecular formula is C22H34O5Si. The summed E-state index contributed by atoms with van der Waals surface area (Å²) in [5.41, 5.74) is 1.06. The first-order valence-electron chi connectivity index (χ1n) is 9.87. The van der Waals surface area contributed by atoms with E-state index in [0.29, 0.717) is 13.2 Å².